The zero-order valence-corrected chi connectivity index (χ0v) is 9.20. The summed E-state index contributed by atoms with van der Waals surface area (Å²) in [6, 6.07) is 0.383. The minimum atomic E-state index is -0.234. The minimum absolute atomic E-state index is 0.234. The van der Waals surface area contributed by atoms with Crippen molar-refractivity contribution in [2.45, 2.75) is 51.7 Å². The van der Waals surface area contributed by atoms with Gasteiger partial charge in [-0.3, -0.25) is 9.69 Å². The van der Waals surface area contributed by atoms with E-state index in [4.69, 9.17) is 0 Å². The Morgan fingerprint density at radius 3 is 2.93 bits per heavy atom. The van der Waals surface area contributed by atoms with E-state index in [9.17, 15) is 9.90 Å². The summed E-state index contributed by atoms with van der Waals surface area (Å²) in [5, 5.41) is 9.54. The van der Waals surface area contributed by atoms with Gasteiger partial charge in [0.05, 0.1) is 6.10 Å². The van der Waals surface area contributed by atoms with E-state index >= 15 is 0 Å². The van der Waals surface area contributed by atoms with Crippen LogP contribution in [0, 0.1) is 0 Å². The summed E-state index contributed by atoms with van der Waals surface area (Å²) in [7, 11) is 0. The third kappa shape index (κ3) is 3.39. The van der Waals surface area contributed by atoms with Crippen LogP contribution in [0.15, 0.2) is 0 Å². The molecule has 1 rings (SSSR count). The van der Waals surface area contributed by atoms with E-state index in [-0.39, 0.29) is 11.9 Å². The number of aliphatic hydroxyl groups is 1. The molecule has 1 fully saturated rings. The van der Waals surface area contributed by atoms with E-state index in [1.54, 1.807) is 6.92 Å². The number of β-amino-alcohol motifs (C(OH)–C–C–N with tert-alkyl or cyclic N) is 1. The van der Waals surface area contributed by atoms with Gasteiger partial charge in [-0.05, 0) is 32.7 Å². The van der Waals surface area contributed by atoms with E-state index in [2.05, 4.69) is 4.90 Å². The monoisotopic (exact) mass is 199 g/mol. The van der Waals surface area contributed by atoms with Gasteiger partial charge >= 0.3 is 0 Å². The molecule has 2 atom stereocenters. The Labute approximate surface area is 86.1 Å². The normalized spacial score (nSPS) is 25.2. The zero-order chi connectivity index (χ0) is 10.6. The van der Waals surface area contributed by atoms with E-state index in [0.29, 0.717) is 12.5 Å². The van der Waals surface area contributed by atoms with E-state index in [1.807, 2.05) is 6.92 Å². The predicted octanol–water partition coefficient (Wildman–Crippen LogP) is 1.20. The topological polar surface area (TPSA) is 40.5 Å². The van der Waals surface area contributed by atoms with Gasteiger partial charge < -0.3 is 5.11 Å². The zero-order valence-electron chi connectivity index (χ0n) is 9.20. The number of likely N-dealkylation sites (tertiary alicyclic amines) is 1. The fourth-order valence-corrected chi connectivity index (χ4v) is 2.10. The highest BCUT2D eigenvalue weighted by atomic mass is 16.3. The Morgan fingerprint density at radius 2 is 2.36 bits per heavy atom. The highest BCUT2D eigenvalue weighted by Gasteiger charge is 2.26. The standard InChI is InChI=1S/C11H21NO2/c1-3-11(14)8-12-6-4-5-10(12)7-9(2)13/h10-11,14H,3-8H2,1-2H3. The lowest BCUT2D eigenvalue weighted by atomic mass is 10.1. The number of aliphatic hydroxyl groups excluding tert-OH is 1. The molecule has 14 heavy (non-hydrogen) atoms. The molecule has 3 nitrogen and oxygen atoms in total. The number of hydrogen-bond donors (Lipinski definition) is 1. The van der Waals surface area contributed by atoms with Crippen LogP contribution < -0.4 is 0 Å². The molecule has 1 aliphatic rings. The van der Waals surface area contributed by atoms with Crippen LogP contribution in [0.1, 0.15) is 39.5 Å². The summed E-state index contributed by atoms with van der Waals surface area (Å²) in [6.07, 6.45) is 3.48. The largest absolute Gasteiger partial charge is 0.392 e. The van der Waals surface area contributed by atoms with E-state index < -0.39 is 0 Å². The van der Waals surface area contributed by atoms with Gasteiger partial charge in [-0.25, -0.2) is 0 Å². The summed E-state index contributed by atoms with van der Waals surface area (Å²) in [5.74, 6) is 0.257. The summed E-state index contributed by atoms with van der Waals surface area (Å²) in [4.78, 5) is 13.3. The molecule has 1 N–H and O–H groups in total. The quantitative estimate of drug-likeness (QED) is 0.723. The molecule has 1 aliphatic heterocycles. The van der Waals surface area contributed by atoms with Crippen LogP contribution in [-0.2, 0) is 4.79 Å². The summed E-state index contributed by atoms with van der Waals surface area (Å²) < 4.78 is 0. The van der Waals surface area contributed by atoms with Crippen LogP contribution in [0.4, 0.5) is 0 Å². The van der Waals surface area contributed by atoms with Crippen molar-refractivity contribution in [2.75, 3.05) is 13.1 Å². The second kappa shape index (κ2) is 5.47. The number of carbonyl (C=O) groups excluding carboxylic acids is 1. The lowest BCUT2D eigenvalue weighted by molar-refractivity contribution is -0.118. The number of hydrogen-bond acceptors (Lipinski definition) is 3. The highest BCUT2D eigenvalue weighted by Crippen LogP contribution is 2.20. The van der Waals surface area contributed by atoms with E-state index in [0.717, 1.165) is 32.4 Å². The first kappa shape index (κ1) is 11.7. The van der Waals surface area contributed by atoms with Crippen LogP contribution in [0.2, 0.25) is 0 Å². The van der Waals surface area contributed by atoms with Gasteiger partial charge in [0, 0.05) is 19.0 Å². The van der Waals surface area contributed by atoms with Crippen LogP contribution in [0.5, 0.6) is 0 Å². The number of carbonyl (C=O) groups is 1. The van der Waals surface area contributed by atoms with Gasteiger partial charge in [0.2, 0.25) is 0 Å². The molecular formula is C11H21NO2. The van der Waals surface area contributed by atoms with Crippen LogP contribution in [-0.4, -0.2) is 41.0 Å². The molecule has 0 bridgehead atoms. The maximum atomic E-state index is 11.0. The van der Waals surface area contributed by atoms with Crippen molar-refractivity contribution in [1.29, 1.82) is 0 Å². The molecular weight excluding hydrogens is 178 g/mol. The van der Waals surface area contributed by atoms with Gasteiger partial charge in [0.25, 0.3) is 0 Å². The molecule has 0 aromatic rings. The molecule has 0 aromatic heterocycles. The fraction of sp³-hybridized carbons (Fsp3) is 0.909. The van der Waals surface area contributed by atoms with Gasteiger partial charge in [0.15, 0.2) is 0 Å². The SMILES string of the molecule is CCC(O)CN1CCCC1CC(C)=O. The summed E-state index contributed by atoms with van der Waals surface area (Å²) in [5.41, 5.74) is 0. The Balaban J connectivity index is 2.38. The third-order valence-electron chi connectivity index (χ3n) is 2.94. The Morgan fingerprint density at radius 1 is 1.64 bits per heavy atom. The number of rotatable bonds is 5. The Kier molecular flexibility index (Phi) is 4.55. The molecule has 0 aliphatic carbocycles. The molecule has 0 saturated carbocycles. The van der Waals surface area contributed by atoms with Crippen molar-refractivity contribution in [3.05, 3.63) is 0 Å². The number of nitrogens with zero attached hydrogens (tertiary/aromatic N) is 1. The molecule has 3 heteroatoms. The van der Waals surface area contributed by atoms with Gasteiger partial charge in [0.1, 0.15) is 5.78 Å². The minimum Gasteiger partial charge on any atom is -0.392 e. The second-order valence-electron chi connectivity index (χ2n) is 4.26. The molecule has 0 radical (unpaired) electrons. The van der Waals surface area contributed by atoms with Crippen molar-refractivity contribution >= 4 is 5.78 Å². The number of ketones is 1. The average Bonchev–Trinajstić information content (AvgIpc) is 2.52. The van der Waals surface area contributed by atoms with Crippen molar-refractivity contribution in [1.82, 2.24) is 4.90 Å². The smallest absolute Gasteiger partial charge is 0.131 e. The van der Waals surface area contributed by atoms with Crippen LogP contribution in [0.25, 0.3) is 0 Å². The highest BCUT2D eigenvalue weighted by molar-refractivity contribution is 5.76. The van der Waals surface area contributed by atoms with Crippen molar-refractivity contribution in [3.8, 4) is 0 Å². The first-order chi connectivity index (χ1) is 6.63. The Bertz CT molecular complexity index is 194. The van der Waals surface area contributed by atoms with Crippen molar-refractivity contribution in [3.63, 3.8) is 0 Å². The lowest BCUT2D eigenvalue weighted by Crippen LogP contribution is -2.36. The third-order valence-corrected chi connectivity index (χ3v) is 2.94. The summed E-state index contributed by atoms with van der Waals surface area (Å²) >= 11 is 0. The van der Waals surface area contributed by atoms with Crippen molar-refractivity contribution in [2.24, 2.45) is 0 Å². The molecule has 2 unspecified atom stereocenters. The lowest BCUT2D eigenvalue weighted by Gasteiger charge is -2.25. The predicted molar refractivity (Wildman–Crippen MR) is 56.2 cm³/mol. The number of Topliss-reactive ketones (excluding diaryl/α,β-unsaturated/α-hetero) is 1. The summed E-state index contributed by atoms with van der Waals surface area (Å²) in [6.45, 7) is 5.40. The molecule has 0 amide bonds. The van der Waals surface area contributed by atoms with Crippen LogP contribution in [0.3, 0.4) is 0 Å². The first-order valence-corrected chi connectivity index (χ1v) is 5.55. The first-order valence-electron chi connectivity index (χ1n) is 5.55. The maximum absolute atomic E-state index is 11.0. The maximum Gasteiger partial charge on any atom is 0.131 e. The fourth-order valence-electron chi connectivity index (χ4n) is 2.10. The molecule has 1 saturated heterocycles. The van der Waals surface area contributed by atoms with Gasteiger partial charge in [-0.1, -0.05) is 6.92 Å². The van der Waals surface area contributed by atoms with Gasteiger partial charge in [-0.15, -0.1) is 0 Å². The molecule has 82 valence electrons. The second-order valence-corrected chi connectivity index (χ2v) is 4.26. The molecule has 0 spiro atoms. The van der Waals surface area contributed by atoms with E-state index in [1.165, 1.54) is 0 Å². The molecule has 0 aromatic carbocycles. The molecule has 1 heterocycles. The van der Waals surface area contributed by atoms with Gasteiger partial charge in [-0.2, -0.15) is 0 Å². The van der Waals surface area contributed by atoms with Crippen LogP contribution >= 0.6 is 0 Å². The van der Waals surface area contributed by atoms with Crippen molar-refractivity contribution < 1.29 is 9.90 Å². The average molecular weight is 199 g/mol. The Hall–Kier alpha value is -0.410.